The van der Waals surface area contributed by atoms with E-state index in [9.17, 15) is 24.6 Å². The van der Waals surface area contributed by atoms with Crippen molar-refractivity contribution in [3.05, 3.63) is 76.4 Å². The van der Waals surface area contributed by atoms with Crippen molar-refractivity contribution in [1.29, 1.82) is 0 Å². The number of allylic oxidation sites excluding steroid dienone is 1. The van der Waals surface area contributed by atoms with Gasteiger partial charge in [-0.25, -0.2) is 0 Å². The van der Waals surface area contributed by atoms with E-state index in [1.54, 1.807) is 33.1 Å². The summed E-state index contributed by atoms with van der Waals surface area (Å²) in [5.74, 6) is -0.240. The molecule has 41 heavy (non-hydrogen) atoms. The highest BCUT2D eigenvalue weighted by atomic mass is 16.5. The van der Waals surface area contributed by atoms with Gasteiger partial charge < -0.3 is 34.6 Å². The van der Waals surface area contributed by atoms with Gasteiger partial charge in [0.05, 0.1) is 32.8 Å². The summed E-state index contributed by atoms with van der Waals surface area (Å²) in [7, 11) is 3.02. The van der Waals surface area contributed by atoms with Crippen LogP contribution in [0.15, 0.2) is 59.7 Å². The van der Waals surface area contributed by atoms with Crippen molar-refractivity contribution >= 4 is 18.1 Å². The normalized spacial score (nSPS) is 20.5. The Morgan fingerprint density at radius 1 is 1.12 bits per heavy atom. The highest BCUT2D eigenvalue weighted by molar-refractivity contribution is 5.97. The Balaban J connectivity index is 1.80. The molecule has 2 aliphatic rings. The molecule has 0 unspecified atom stereocenters. The summed E-state index contributed by atoms with van der Waals surface area (Å²) >= 11 is 0. The molecule has 0 saturated heterocycles. The number of ether oxygens (including phenoxy) is 3. The Labute approximate surface area is 239 Å². The Morgan fingerprint density at radius 2 is 1.85 bits per heavy atom. The van der Waals surface area contributed by atoms with Crippen LogP contribution in [0.25, 0.3) is 0 Å². The van der Waals surface area contributed by atoms with E-state index in [0.29, 0.717) is 41.1 Å². The summed E-state index contributed by atoms with van der Waals surface area (Å²) in [4.78, 5) is 40.2. The van der Waals surface area contributed by atoms with Crippen LogP contribution >= 0.6 is 0 Å². The number of para-hydroxylation sites is 1. The Hall–Kier alpha value is -4.15. The van der Waals surface area contributed by atoms with Gasteiger partial charge in [0.15, 0.2) is 11.5 Å². The average molecular weight is 565 g/mol. The first-order valence-electron chi connectivity index (χ1n) is 13.4. The Kier molecular flexibility index (Phi) is 9.46. The van der Waals surface area contributed by atoms with Gasteiger partial charge in [-0.2, -0.15) is 0 Å². The minimum absolute atomic E-state index is 0.0143. The van der Waals surface area contributed by atoms with Crippen molar-refractivity contribution < 1.29 is 38.8 Å². The van der Waals surface area contributed by atoms with Crippen LogP contribution in [-0.4, -0.2) is 85.4 Å². The van der Waals surface area contributed by atoms with Gasteiger partial charge in [-0.05, 0) is 50.1 Å². The van der Waals surface area contributed by atoms with Crippen LogP contribution in [0.2, 0.25) is 0 Å². The quantitative estimate of drug-likeness (QED) is 0.279. The van der Waals surface area contributed by atoms with E-state index in [-0.39, 0.29) is 31.2 Å². The third-order valence-corrected chi connectivity index (χ3v) is 7.28. The number of fused-ring (bicyclic) bond motifs is 3. The molecule has 0 aromatic heterocycles. The molecule has 1 heterocycles. The Bertz CT molecular complexity index is 1360. The molecule has 4 rings (SSSR count). The summed E-state index contributed by atoms with van der Waals surface area (Å²) in [6.45, 7) is 3.58. The Morgan fingerprint density at radius 3 is 2.51 bits per heavy atom. The molecule has 2 aromatic carbocycles. The van der Waals surface area contributed by atoms with Gasteiger partial charge >= 0.3 is 0 Å². The fraction of sp³-hybridized carbons (Fsp3) is 0.387. The maximum atomic E-state index is 13.6. The first-order valence-corrected chi connectivity index (χ1v) is 13.4. The van der Waals surface area contributed by atoms with Crippen LogP contribution < -0.4 is 19.5 Å². The van der Waals surface area contributed by atoms with Crippen molar-refractivity contribution in [1.82, 2.24) is 10.2 Å². The molecule has 0 fully saturated rings. The fourth-order valence-corrected chi connectivity index (χ4v) is 5.45. The lowest BCUT2D eigenvalue weighted by Gasteiger charge is -2.40. The molecule has 218 valence electrons. The number of methoxy groups -OCH3 is 2. The zero-order chi connectivity index (χ0) is 29.7. The predicted molar refractivity (Wildman–Crippen MR) is 151 cm³/mol. The van der Waals surface area contributed by atoms with E-state index in [2.05, 4.69) is 5.32 Å². The molecule has 0 bridgehead atoms. The predicted octanol–water partition coefficient (Wildman–Crippen LogP) is 2.18. The van der Waals surface area contributed by atoms with Gasteiger partial charge in [-0.3, -0.25) is 14.4 Å². The molecule has 0 radical (unpaired) electrons. The van der Waals surface area contributed by atoms with Crippen LogP contribution in [0.5, 0.6) is 17.2 Å². The molecule has 1 aliphatic heterocycles. The van der Waals surface area contributed by atoms with Gasteiger partial charge in [0.25, 0.3) is 0 Å². The van der Waals surface area contributed by atoms with Crippen LogP contribution in [0.1, 0.15) is 41.3 Å². The van der Waals surface area contributed by atoms with Crippen molar-refractivity contribution in [2.45, 2.75) is 44.4 Å². The molecular formula is C31H36N2O8. The monoisotopic (exact) mass is 564 g/mol. The third-order valence-electron chi connectivity index (χ3n) is 7.28. The van der Waals surface area contributed by atoms with Gasteiger partial charge in [-0.1, -0.05) is 23.8 Å². The maximum Gasteiger partial charge on any atom is 0.247 e. The summed E-state index contributed by atoms with van der Waals surface area (Å²) in [5, 5.41) is 23.8. The van der Waals surface area contributed by atoms with E-state index in [4.69, 9.17) is 14.2 Å². The van der Waals surface area contributed by atoms with E-state index < -0.39 is 30.1 Å². The highest BCUT2D eigenvalue weighted by Gasteiger charge is 2.51. The largest absolute Gasteiger partial charge is 0.496 e. The standard InChI is InChI=1S/C31H36N2O8/c1-18(2)13-26(36)33(11-9-20-7-5-6-8-24(20)39-3)23-16-22(31(38)32-10-12-34)27-21-14-19(17-35)15-25(40-4)29(21)41-30(27)28(23)37/h5-8,13-17,23,27-28,30,34,37H,9-12H2,1-4H3,(H,32,38)/t23-,27+,28+,30+/m1/s1. The lowest BCUT2D eigenvalue weighted by atomic mass is 9.77. The number of hydrogen-bond acceptors (Lipinski definition) is 8. The molecule has 1 aliphatic carbocycles. The van der Waals surface area contributed by atoms with Crippen molar-refractivity contribution in [2.24, 2.45) is 0 Å². The number of carbonyl (C=O) groups excluding carboxylic acids is 3. The summed E-state index contributed by atoms with van der Waals surface area (Å²) < 4.78 is 17.2. The fourth-order valence-electron chi connectivity index (χ4n) is 5.45. The smallest absolute Gasteiger partial charge is 0.247 e. The van der Waals surface area contributed by atoms with Crippen LogP contribution in [0.3, 0.4) is 0 Å². The van der Waals surface area contributed by atoms with E-state index >= 15 is 0 Å². The zero-order valence-electron chi connectivity index (χ0n) is 23.6. The van der Waals surface area contributed by atoms with E-state index in [0.717, 1.165) is 11.1 Å². The molecule has 2 amide bonds. The second-order valence-corrected chi connectivity index (χ2v) is 10.2. The SMILES string of the molecule is COc1ccccc1CCN(C(=O)C=C(C)C)[C@@H]1C=C(C(=O)NCCO)[C@@H]2c3cc(C=O)cc(OC)c3O[C@@H]2[C@H]1O. The molecule has 10 heteroatoms. The molecule has 3 N–H and O–H groups in total. The van der Waals surface area contributed by atoms with E-state index in [1.807, 2.05) is 24.3 Å². The zero-order valence-corrected chi connectivity index (χ0v) is 23.6. The van der Waals surface area contributed by atoms with Crippen LogP contribution in [-0.2, 0) is 16.0 Å². The lowest BCUT2D eigenvalue weighted by Crippen LogP contribution is -2.56. The summed E-state index contributed by atoms with van der Waals surface area (Å²) in [6.07, 6.45) is 2.02. The minimum atomic E-state index is -1.22. The van der Waals surface area contributed by atoms with E-state index in [1.165, 1.54) is 24.2 Å². The average Bonchev–Trinajstić information content (AvgIpc) is 3.36. The first kappa shape index (κ1) is 29.8. The molecule has 2 aromatic rings. The molecule has 10 nitrogen and oxygen atoms in total. The molecule has 4 atom stereocenters. The molecule has 0 saturated carbocycles. The van der Waals surface area contributed by atoms with Crippen LogP contribution in [0.4, 0.5) is 0 Å². The number of nitrogens with one attached hydrogen (secondary N) is 1. The van der Waals surface area contributed by atoms with Crippen LogP contribution in [0, 0.1) is 0 Å². The second-order valence-electron chi connectivity index (χ2n) is 10.2. The van der Waals surface area contributed by atoms with Crippen molar-refractivity contribution in [3.8, 4) is 17.2 Å². The van der Waals surface area contributed by atoms with Crippen molar-refractivity contribution in [3.63, 3.8) is 0 Å². The molecule has 0 spiro atoms. The van der Waals surface area contributed by atoms with Gasteiger partial charge in [0, 0.05) is 35.9 Å². The number of benzene rings is 2. The number of aliphatic hydroxyl groups is 2. The van der Waals surface area contributed by atoms with Gasteiger partial charge in [0.2, 0.25) is 11.8 Å². The number of hydrogen-bond donors (Lipinski definition) is 3. The topological polar surface area (TPSA) is 135 Å². The number of aldehydes is 1. The third kappa shape index (κ3) is 6.13. The van der Waals surface area contributed by atoms with Gasteiger partial charge in [-0.15, -0.1) is 0 Å². The summed E-state index contributed by atoms with van der Waals surface area (Å²) in [5.41, 5.74) is 2.77. The number of rotatable bonds is 11. The molecular weight excluding hydrogens is 528 g/mol. The summed E-state index contributed by atoms with van der Waals surface area (Å²) in [6, 6.07) is 9.71. The maximum absolute atomic E-state index is 13.6. The van der Waals surface area contributed by atoms with Gasteiger partial charge in [0.1, 0.15) is 24.2 Å². The first-order chi connectivity index (χ1) is 19.7. The highest BCUT2D eigenvalue weighted by Crippen LogP contribution is 2.51. The minimum Gasteiger partial charge on any atom is -0.496 e. The number of aliphatic hydroxyl groups excluding tert-OH is 2. The second kappa shape index (κ2) is 13.0. The number of nitrogens with zero attached hydrogens (tertiary/aromatic N) is 1. The van der Waals surface area contributed by atoms with Crippen molar-refractivity contribution in [2.75, 3.05) is 33.9 Å². The lowest BCUT2D eigenvalue weighted by molar-refractivity contribution is -0.132. The number of carbonyl (C=O) groups is 3. The number of amides is 2.